The lowest BCUT2D eigenvalue weighted by Gasteiger charge is -2.26. The highest BCUT2D eigenvalue weighted by atomic mass is 32.2. The third-order valence-electron chi connectivity index (χ3n) is 3.68. The van der Waals surface area contributed by atoms with Gasteiger partial charge in [-0.3, -0.25) is 0 Å². The quantitative estimate of drug-likeness (QED) is 0.621. The maximum atomic E-state index is 12.2. The van der Waals surface area contributed by atoms with Gasteiger partial charge in [-0.15, -0.1) is 0 Å². The minimum absolute atomic E-state index is 0.255. The van der Waals surface area contributed by atoms with Crippen molar-refractivity contribution in [2.75, 3.05) is 45.6 Å². The molecular formula is C14H30N2O3S. The number of ether oxygens (including phenoxy) is 1. The molecule has 20 heavy (non-hydrogen) atoms. The van der Waals surface area contributed by atoms with Crippen LogP contribution in [0.3, 0.4) is 0 Å². The van der Waals surface area contributed by atoms with Crippen molar-refractivity contribution in [2.24, 2.45) is 5.92 Å². The molecule has 1 rings (SSSR count). The van der Waals surface area contributed by atoms with Crippen molar-refractivity contribution >= 4 is 10.0 Å². The van der Waals surface area contributed by atoms with E-state index in [0.717, 1.165) is 51.8 Å². The van der Waals surface area contributed by atoms with Gasteiger partial charge in [-0.1, -0.05) is 6.92 Å². The van der Waals surface area contributed by atoms with E-state index in [1.807, 2.05) is 0 Å². The Bertz CT molecular complexity index is 340. The molecule has 0 aromatic heterocycles. The minimum Gasteiger partial charge on any atom is -0.381 e. The summed E-state index contributed by atoms with van der Waals surface area (Å²) in [6.45, 7) is 6.15. The molecule has 0 aromatic carbocycles. The van der Waals surface area contributed by atoms with Crippen LogP contribution in [0.2, 0.25) is 0 Å². The first-order chi connectivity index (χ1) is 9.56. The molecule has 0 aliphatic carbocycles. The molecule has 1 heterocycles. The maximum absolute atomic E-state index is 12.2. The van der Waals surface area contributed by atoms with Crippen LogP contribution in [0.25, 0.3) is 0 Å². The van der Waals surface area contributed by atoms with Gasteiger partial charge in [0.25, 0.3) is 0 Å². The number of rotatable bonds is 10. The zero-order valence-corrected chi connectivity index (χ0v) is 13.8. The molecule has 1 atom stereocenters. The number of unbranched alkanes of at least 4 members (excludes halogenated alkanes) is 1. The second-order valence-electron chi connectivity index (χ2n) is 5.64. The van der Waals surface area contributed by atoms with Gasteiger partial charge in [0.05, 0.1) is 12.4 Å². The highest BCUT2D eigenvalue weighted by Crippen LogP contribution is 2.16. The van der Waals surface area contributed by atoms with Gasteiger partial charge in [-0.2, -0.15) is 0 Å². The van der Waals surface area contributed by atoms with Gasteiger partial charge in [0.15, 0.2) is 0 Å². The lowest BCUT2D eigenvalue weighted by Crippen LogP contribution is -2.36. The average molecular weight is 306 g/mol. The van der Waals surface area contributed by atoms with Gasteiger partial charge in [-0.05, 0) is 51.1 Å². The minimum atomic E-state index is -3.10. The number of hydrogen-bond donors (Lipinski definition) is 1. The van der Waals surface area contributed by atoms with Crippen molar-refractivity contribution in [3.8, 4) is 0 Å². The molecule has 0 amide bonds. The molecule has 0 radical (unpaired) electrons. The Morgan fingerprint density at radius 1 is 1.30 bits per heavy atom. The first kappa shape index (κ1) is 17.9. The average Bonchev–Trinajstić information content (AvgIpc) is 2.43. The number of nitrogens with one attached hydrogen (secondary N) is 1. The molecule has 120 valence electrons. The van der Waals surface area contributed by atoms with Crippen LogP contribution in [0.1, 0.15) is 39.0 Å². The van der Waals surface area contributed by atoms with Gasteiger partial charge in [0.2, 0.25) is 10.0 Å². The highest BCUT2D eigenvalue weighted by Gasteiger charge is 2.22. The van der Waals surface area contributed by atoms with Gasteiger partial charge in [-0.25, -0.2) is 12.7 Å². The van der Waals surface area contributed by atoms with E-state index in [9.17, 15) is 8.42 Å². The number of sulfonamides is 1. The summed E-state index contributed by atoms with van der Waals surface area (Å²) < 4.78 is 31.2. The van der Waals surface area contributed by atoms with Gasteiger partial charge >= 0.3 is 0 Å². The fourth-order valence-corrected chi connectivity index (χ4v) is 3.74. The SMILES string of the molecule is CCCNCCCCS(=O)(=O)N(C)CC1CCCOC1. The largest absolute Gasteiger partial charge is 0.381 e. The summed E-state index contributed by atoms with van der Waals surface area (Å²) in [5, 5.41) is 3.29. The summed E-state index contributed by atoms with van der Waals surface area (Å²) in [4.78, 5) is 0. The highest BCUT2D eigenvalue weighted by molar-refractivity contribution is 7.89. The molecule has 6 heteroatoms. The van der Waals surface area contributed by atoms with Crippen molar-refractivity contribution < 1.29 is 13.2 Å². The fourth-order valence-electron chi connectivity index (χ4n) is 2.42. The summed E-state index contributed by atoms with van der Waals surface area (Å²) in [6.07, 6.45) is 4.87. The van der Waals surface area contributed by atoms with Crippen LogP contribution in [0.4, 0.5) is 0 Å². The van der Waals surface area contributed by atoms with Gasteiger partial charge in [0, 0.05) is 20.2 Å². The van der Waals surface area contributed by atoms with Gasteiger partial charge < -0.3 is 10.1 Å². The van der Waals surface area contributed by atoms with E-state index in [4.69, 9.17) is 4.74 Å². The molecule has 0 aromatic rings. The maximum Gasteiger partial charge on any atom is 0.213 e. The van der Waals surface area contributed by atoms with E-state index in [0.29, 0.717) is 19.1 Å². The Morgan fingerprint density at radius 3 is 2.75 bits per heavy atom. The smallest absolute Gasteiger partial charge is 0.213 e. The molecule has 0 saturated carbocycles. The van der Waals surface area contributed by atoms with Crippen LogP contribution in [0.15, 0.2) is 0 Å². The molecule has 1 N–H and O–H groups in total. The van der Waals surface area contributed by atoms with Crippen molar-refractivity contribution in [1.82, 2.24) is 9.62 Å². The lowest BCUT2D eigenvalue weighted by atomic mass is 10.0. The molecule has 1 unspecified atom stereocenters. The van der Waals surface area contributed by atoms with Crippen LogP contribution in [-0.2, 0) is 14.8 Å². The van der Waals surface area contributed by atoms with E-state index in [2.05, 4.69) is 12.2 Å². The normalized spacial score (nSPS) is 20.4. The third-order valence-corrected chi connectivity index (χ3v) is 5.58. The van der Waals surface area contributed by atoms with E-state index < -0.39 is 10.0 Å². The Balaban J connectivity index is 2.20. The van der Waals surface area contributed by atoms with Crippen LogP contribution in [0, 0.1) is 5.92 Å². The first-order valence-electron chi connectivity index (χ1n) is 7.78. The van der Waals surface area contributed by atoms with Crippen molar-refractivity contribution in [1.29, 1.82) is 0 Å². The molecule has 5 nitrogen and oxygen atoms in total. The summed E-state index contributed by atoms with van der Waals surface area (Å²) in [7, 11) is -1.41. The zero-order chi connectivity index (χ0) is 14.8. The molecule has 1 aliphatic rings. The predicted molar refractivity (Wildman–Crippen MR) is 82.4 cm³/mol. The molecule has 1 saturated heterocycles. The second kappa shape index (κ2) is 9.71. The molecule has 1 aliphatic heterocycles. The van der Waals surface area contributed by atoms with Crippen molar-refractivity contribution in [2.45, 2.75) is 39.0 Å². The first-order valence-corrected chi connectivity index (χ1v) is 9.39. The summed E-state index contributed by atoms with van der Waals surface area (Å²) in [6, 6.07) is 0. The molecule has 0 spiro atoms. The second-order valence-corrected chi connectivity index (χ2v) is 7.83. The summed E-state index contributed by atoms with van der Waals surface area (Å²) >= 11 is 0. The van der Waals surface area contributed by atoms with E-state index in [-0.39, 0.29) is 5.75 Å². The van der Waals surface area contributed by atoms with Crippen LogP contribution >= 0.6 is 0 Å². The van der Waals surface area contributed by atoms with E-state index in [1.165, 1.54) is 4.31 Å². The lowest BCUT2D eigenvalue weighted by molar-refractivity contribution is 0.0495. The Kier molecular flexibility index (Phi) is 8.68. The van der Waals surface area contributed by atoms with E-state index in [1.54, 1.807) is 7.05 Å². The number of nitrogens with zero attached hydrogens (tertiary/aromatic N) is 1. The monoisotopic (exact) mass is 306 g/mol. The Labute approximate surface area is 124 Å². The summed E-state index contributed by atoms with van der Waals surface area (Å²) in [5.41, 5.74) is 0. The van der Waals surface area contributed by atoms with Gasteiger partial charge in [0.1, 0.15) is 0 Å². The Morgan fingerprint density at radius 2 is 2.10 bits per heavy atom. The van der Waals surface area contributed by atoms with Crippen molar-refractivity contribution in [3.63, 3.8) is 0 Å². The predicted octanol–water partition coefficient (Wildman–Crippen LogP) is 1.45. The summed E-state index contributed by atoms with van der Waals surface area (Å²) in [5.74, 6) is 0.611. The fraction of sp³-hybridized carbons (Fsp3) is 1.00. The van der Waals surface area contributed by atoms with Crippen LogP contribution in [0.5, 0.6) is 0 Å². The topological polar surface area (TPSA) is 58.6 Å². The third kappa shape index (κ3) is 7.02. The molecular weight excluding hydrogens is 276 g/mol. The van der Waals surface area contributed by atoms with Crippen LogP contribution in [-0.4, -0.2) is 58.4 Å². The molecule has 1 fully saturated rings. The Hall–Kier alpha value is -0.170. The molecule has 0 bridgehead atoms. The van der Waals surface area contributed by atoms with Crippen molar-refractivity contribution in [3.05, 3.63) is 0 Å². The standard InChI is InChI=1S/C14H30N2O3S/c1-3-8-15-9-4-5-11-20(17,18)16(2)12-14-7-6-10-19-13-14/h14-15H,3-13H2,1-2H3. The van der Waals surface area contributed by atoms with Crippen LogP contribution < -0.4 is 5.32 Å². The van der Waals surface area contributed by atoms with E-state index >= 15 is 0 Å². The zero-order valence-electron chi connectivity index (χ0n) is 12.9. The number of hydrogen-bond acceptors (Lipinski definition) is 4.